The van der Waals surface area contributed by atoms with Crippen molar-refractivity contribution >= 4 is 23.5 Å². The molecule has 144 valence electrons. The molecule has 2 aromatic rings. The second-order valence-electron chi connectivity index (χ2n) is 5.91. The molecule has 0 aliphatic carbocycles. The number of nitrogens with one attached hydrogen (secondary N) is 1. The third-order valence-electron chi connectivity index (χ3n) is 3.82. The first-order valence-corrected chi connectivity index (χ1v) is 8.11. The summed E-state index contributed by atoms with van der Waals surface area (Å²) in [5, 5.41) is 6.99. The second-order valence-corrected chi connectivity index (χ2v) is 5.91. The lowest BCUT2D eigenvalue weighted by Gasteiger charge is -2.17. The zero-order valence-electron chi connectivity index (χ0n) is 15.7. The number of benzene rings is 1. The predicted octanol–water partition coefficient (Wildman–Crippen LogP) is 1.06. The van der Waals surface area contributed by atoms with Gasteiger partial charge in [-0.15, -0.1) is 0 Å². The van der Waals surface area contributed by atoms with Crippen LogP contribution in [0.25, 0.3) is 0 Å². The van der Waals surface area contributed by atoms with Crippen molar-refractivity contribution in [3.63, 3.8) is 0 Å². The van der Waals surface area contributed by atoms with E-state index in [-0.39, 0.29) is 23.6 Å². The number of hydrogen-bond donors (Lipinski definition) is 1. The van der Waals surface area contributed by atoms with E-state index in [1.807, 2.05) is 6.20 Å². The highest BCUT2D eigenvalue weighted by atomic mass is 16.5. The summed E-state index contributed by atoms with van der Waals surface area (Å²) in [6.07, 6.45) is 3.53. The number of carbonyl (C=O) groups is 3. The van der Waals surface area contributed by atoms with E-state index < -0.39 is 11.9 Å². The Balaban J connectivity index is 2.07. The molecule has 2 rings (SSSR count). The third-order valence-corrected chi connectivity index (χ3v) is 3.82. The number of aromatic nitrogens is 2. The van der Waals surface area contributed by atoms with Gasteiger partial charge in [0.05, 0.1) is 38.1 Å². The minimum absolute atomic E-state index is 0.0119. The fraction of sp³-hybridized carbons (Fsp3) is 0.333. The average molecular weight is 374 g/mol. The van der Waals surface area contributed by atoms with Crippen molar-refractivity contribution in [3.05, 3.63) is 47.3 Å². The molecule has 0 fully saturated rings. The van der Waals surface area contributed by atoms with E-state index in [1.54, 1.807) is 29.9 Å². The van der Waals surface area contributed by atoms with E-state index in [2.05, 4.69) is 19.9 Å². The smallest absolute Gasteiger partial charge is 0.337 e. The maximum atomic E-state index is 12.3. The van der Waals surface area contributed by atoms with Crippen LogP contribution in [0.4, 0.5) is 5.69 Å². The Morgan fingerprint density at radius 1 is 1.11 bits per heavy atom. The first-order chi connectivity index (χ1) is 12.8. The Morgan fingerprint density at radius 2 is 1.70 bits per heavy atom. The lowest BCUT2D eigenvalue weighted by atomic mass is 10.1. The summed E-state index contributed by atoms with van der Waals surface area (Å²) < 4.78 is 11.0. The summed E-state index contributed by atoms with van der Waals surface area (Å²) in [4.78, 5) is 37.5. The zero-order chi connectivity index (χ0) is 20.0. The van der Waals surface area contributed by atoms with E-state index in [0.29, 0.717) is 12.2 Å². The molecule has 1 N–H and O–H groups in total. The first kappa shape index (κ1) is 20.0. The van der Waals surface area contributed by atoms with Gasteiger partial charge >= 0.3 is 11.9 Å². The molecule has 27 heavy (non-hydrogen) atoms. The molecule has 0 radical (unpaired) electrons. The first-order valence-electron chi connectivity index (χ1n) is 8.11. The van der Waals surface area contributed by atoms with Crippen LogP contribution in [0, 0.1) is 0 Å². The number of anilines is 1. The Bertz CT molecular complexity index is 812. The zero-order valence-corrected chi connectivity index (χ0v) is 15.7. The summed E-state index contributed by atoms with van der Waals surface area (Å²) in [5.74, 6) is -1.35. The minimum atomic E-state index is -0.594. The third kappa shape index (κ3) is 5.30. The molecule has 0 bridgehead atoms. The van der Waals surface area contributed by atoms with E-state index in [4.69, 9.17) is 0 Å². The van der Waals surface area contributed by atoms with Crippen LogP contribution in [-0.4, -0.2) is 60.3 Å². The predicted molar refractivity (Wildman–Crippen MR) is 97.3 cm³/mol. The van der Waals surface area contributed by atoms with Crippen molar-refractivity contribution in [1.29, 1.82) is 0 Å². The number of carbonyl (C=O) groups excluding carboxylic acids is 3. The lowest BCUT2D eigenvalue weighted by molar-refractivity contribution is -0.128. The molecule has 0 unspecified atom stereocenters. The van der Waals surface area contributed by atoms with Crippen LogP contribution in [0.2, 0.25) is 0 Å². The van der Waals surface area contributed by atoms with Gasteiger partial charge in [0.15, 0.2) is 0 Å². The molecular weight excluding hydrogens is 352 g/mol. The van der Waals surface area contributed by atoms with Gasteiger partial charge in [-0.25, -0.2) is 9.59 Å². The fourth-order valence-corrected chi connectivity index (χ4v) is 2.43. The molecule has 0 aliphatic rings. The van der Waals surface area contributed by atoms with Gasteiger partial charge in [0, 0.05) is 38.1 Å². The monoisotopic (exact) mass is 374 g/mol. The number of nitrogens with zero attached hydrogens (tertiary/aromatic N) is 3. The number of likely N-dealkylation sites (N-methyl/N-ethyl adjacent to an activating group) is 1. The van der Waals surface area contributed by atoms with Crippen LogP contribution in [0.3, 0.4) is 0 Å². The van der Waals surface area contributed by atoms with Crippen molar-refractivity contribution in [3.8, 4) is 0 Å². The van der Waals surface area contributed by atoms with Gasteiger partial charge in [0.25, 0.3) is 0 Å². The Hall–Kier alpha value is -3.36. The summed E-state index contributed by atoms with van der Waals surface area (Å²) in [5.41, 5.74) is 1.70. The van der Waals surface area contributed by atoms with Gasteiger partial charge in [-0.05, 0) is 18.2 Å². The largest absolute Gasteiger partial charge is 0.465 e. The minimum Gasteiger partial charge on any atom is -0.465 e. The van der Waals surface area contributed by atoms with Crippen LogP contribution < -0.4 is 5.32 Å². The molecule has 9 nitrogen and oxygen atoms in total. The van der Waals surface area contributed by atoms with Gasteiger partial charge < -0.3 is 19.7 Å². The number of amides is 1. The normalized spacial score (nSPS) is 10.2. The van der Waals surface area contributed by atoms with Crippen LogP contribution in [-0.2, 0) is 27.9 Å². The molecule has 1 heterocycles. The SMILES string of the molecule is COC(=O)c1cc(NCC(=O)N(C)Cc2cnn(C)c2)cc(C(=O)OC)c1. The topological polar surface area (TPSA) is 103 Å². The lowest BCUT2D eigenvalue weighted by Crippen LogP contribution is -2.31. The number of ether oxygens (including phenoxy) is 2. The van der Waals surface area contributed by atoms with E-state index in [9.17, 15) is 14.4 Å². The summed E-state index contributed by atoms with van der Waals surface area (Å²) in [7, 11) is 5.98. The van der Waals surface area contributed by atoms with Crippen molar-refractivity contribution in [2.75, 3.05) is 33.1 Å². The van der Waals surface area contributed by atoms with Crippen LogP contribution in [0.5, 0.6) is 0 Å². The Labute approximate surface area is 156 Å². The highest BCUT2D eigenvalue weighted by Gasteiger charge is 2.15. The molecule has 9 heteroatoms. The fourth-order valence-electron chi connectivity index (χ4n) is 2.43. The highest BCUT2D eigenvalue weighted by molar-refractivity contribution is 5.97. The quantitative estimate of drug-likeness (QED) is 0.723. The van der Waals surface area contributed by atoms with Crippen LogP contribution in [0.15, 0.2) is 30.6 Å². The molecule has 0 atom stereocenters. The summed E-state index contributed by atoms with van der Waals surface area (Å²) >= 11 is 0. The molecule has 1 aromatic heterocycles. The molecule has 0 saturated heterocycles. The van der Waals surface area contributed by atoms with Crippen molar-refractivity contribution in [1.82, 2.24) is 14.7 Å². The standard InChI is InChI=1S/C18H22N4O5/c1-21(10-12-8-20-22(2)11-12)16(23)9-19-15-6-13(17(24)26-3)5-14(7-15)18(25)27-4/h5-8,11,19H,9-10H2,1-4H3. The maximum Gasteiger partial charge on any atom is 0.337 e. The van der Waals surface area contributed by atoms with E-state index >= 15 is 0 Å². The highest BCUT2D eigenvalue weighted by Crippen LogP contribution is 2.17. The van der Waals surface area contributed by atoms with Gasteiger partial charge in [0.1, 0.15) is 0 Å². The van der Waals surface area contributed by atoms with Gasteiger partial charge in [-0.3, -0.25) is 9.48 Å². The van der Waals surface area contributed by atoms with Crippen LogP contribution in [0.1, 0.15) is 26.3 Å². The molecule has 1 amide bonds. The molecule has 1 aromatic carbocycles. The number of aryl methyl sites for hydroxylation is 1. The Kier molecular flexibility index (Phi) is 6.53. The molecular formula is C18H22N4O5. The number of hydrogen-bond acceptors (Lipinski definition) is 7. The van der Waals surface area contributed by atoms with Crippen molar-refractivity contribution < 1.29 is 23.9 Å². The second kappa shape index (κ2) is 8.84. The van der Waals surface area contributed by atoms with Gasteiger partial charge in [0.2, 0.25) is 5.91 Å². The number of esters is 2. The van der Waals surface area contributed by atoms with Crippen molar-refractivity contribution in [2.24, 2.45) is 7.05 Å². The average Bonchev–Trinajstić information content (AvgIpc) is 3.08. The molecule has 0 aliphatic heterocycles. The summed E-state index contributed by atoms with van der Waals surface area (Å²) in [6.45, 7) is 0.409. The van der Waals surface area contributed by atoms with Crippen LogP contribution >= 0.6 is 0 Å². The van der Waals surface area contributed by atoms with Crippen molar-refractivity contribution in [2.45, 2.75) is 6.54 Å². The van der Waals surface area contributed by atoms with E-state index in [0.717, 1.165) is 5.56 Å². The van der Waals surface area contributed by atoms with Gasteiger partial charge in [-0.1, -0.05) is 0 Å². The molecule has 0 spiro atoms. The number of rotatable bonds is 7. The van der Waals surface area contributed by atoms with Gasteiger partial charge in [-0.2, -0.15) is 5.10 Å². The summed E-state index contributed by atoms with van der Waals surface area (Å²) in [6, 6.07) is 4.39. The van der Waals surface area contributed by atoms with E-state index in [1.165, 1.54) is 32.4 Å². The maximum absolute atomic E-state index is 12.3. The molecule has 0 saturated carbocycles. The number of methoxy groups -OCH3 is 2. The Morgan fingerprint density at radius 3 is 2.19 bits per heavy atom.